The maximum absolute atomic E-state index is 11.2. The molecule has 12 heavy (non-hydrogen) atoms. The molecular weight excluding hydrogens is 183 g/mol. The Kier molecular flexibility index (Phi) is 2.61. The molecule has 3 N–H and O–H groups in total. The Bertz CT molecular complexity index is 210. The highest BCUT2D eigenvalue weighted by Gasteiger charge is 2.47. The first kappa shape index (κ1) is 10.2. The zero-order valence-corrected chi connectivity index (χ0v) is 7.70. The predicted octanol–water partition coefficient (Wildman–Crippen LogP) is 0.399. The molecule has 0 radical (unpaired) electrons. The molecule has 0 spiro atoms. The van der Waals surface area contributed by atoms with Crippen LogP contribution in [-0.4, -0.2) is 26.7 Å². The van der Waals surface area contributed by atoms with E-state index in [0.717, 1.165) is 0 Å². The van der Waals surface area contributed by atoms with Crippen molar-refractivity contribution in [2.45, 2.75) is 37.8 Å². The Morgan fingerprint density at radius 1 is 1.58 bits per heavy atom. The predicted molar refractivity (Wildman–Crippen MR) is 41.4 cm³/mol. The Balaban J connectivity index is 2.61. The normalized spacial score (nSPS) is 23.7. The lowest BCUT2D eigenvalue weighted by molar-refractivity contribution is -0.109. The van der Waals surface area contributed by atoms with Crippen molar-refractivity contribution in [3.8, 4) is 0 Å². The summed E-state index contributed by atoms with van der Waals surface area (Å²) in [7, 11) is -4.28. The van der Waals surface area contributed by atoms with Crippen LogP contribution in [-0.2, 0) is 9.09 Å². The molecule has 72 valence electrons. The highest BCUT2D eigenvalue weighted by molar-refractivity contribution is 7.54. The first-order chi connectivity index (χ1) is 5.39. The van der Waals surface area contributed by atoms with E-state index < -0.39 is 13.1 Å². The largest absolute Gasteiger partial charge is 0.387 e. The van der Waals surface area contributed by atoms with Gasteiger partial charge in [-0.2, -0.15) is 0 Å². The fourth-order valence-corrected chi connectivity index (χ4v) is 1.84. The summed E-state index contributed by atoms with van der Waals surface area (Å²) in [6.45, 7) is 1.40. The molecule has 0 bridgehead atoms. The second-order valence-corrected chi connectivity index (χ2v) is 4.92. The first-order valence-electron chi connectivity index (χ1n) is 3.85. The molecule has 1 fully saturated rings. The fraction of sp³-hybridized carbons (Fsp3) is 1.00. The topological polar surface area (TPSA) is 87.0 Å². The molecule has 0 aromatic carbocycles. The Labute approximate surface area is 70.5 Å². The SMILES string of the molecule is CCC(O)(O)P(=O)(O)OC1CC1. The highest BCUT2D eigenvalue weighted by atomic mass is 31.2. The molecule has 5 nitrogen and oxygen atoms in total. The van der Waals surface area contributed by atoms with E-state index in [1.807, 2.05) is 0 Å². The number of rotatable bonds is 4. The van der Waals surface area contributed by atoms with Gasteiger partial charge in [0.15, 0.2) is 0 Å². The first-order valence-corrected chi connectivity index (χ1v) is 5.43. The monoisotopic (exact) mass is 196 g/mol. The van der Waals surface area contributed by atoms with Gasteiger partial charge in [-0.3, -0.25) is 4.57 Å². The van der Waals surface area contributed by atoms with Gasteiger partial charge in [0.05, 0.1) is 6.10 Å². The zero-order chi connectivity index (χ0) is 9.41. The van der Waals surface area contributed by atoms with Gasteiger partial charge < -0.3 is 19.6 Å². The van der Waals surface area contributed by atoms with Crippen molar-refractivity contribution in [3.05, 3.63) is 0 Å². The summed E-state index contributed by atoms with van der Waals surface area (Å²) in [5.41, 5.74) is -2.60. The van der Waals surface area contributed by atoms with Crippen molar-refractivity contribution in [3.63, 3.8) is 0 Å². The summed E-state index contributed by atoms with van der Waals surface area (Å²) in [5, 5.41) is 18.1. The van der Waals surface area contributed by atoms with Crippen molar-refractivity contribution in [2.75, 3.05) is 0 Å². The molecule has 1 aliphatic rings. The van der Waals surface area contributed by atoms with E-state index in [1.165, 1.54) is 6.92 Å². The van der Waals surface area contributed by atoms with Gasteiger partial charge in [-0.1, -0.05) is 6.92 Å². The van der Waals surface area contributed by atoms with E-state index in [4.69, 9.17) is 15.1 Å². The van der Waals surface area contributed by atoms with E-state index in [-0.39, 0.29) is 12.5 Å². The Morgan fingerprint density at radius 2 is 2.08 bits per heavy atom. The quantitative estimate of drug-likeness (QED) is 0.447. The van der Waals surface area contributed by atoms with E-state index in [9.17, 15) is 4.57 Å². The maximum atomic E-state index is 11.2. The molecule has 1 saturated carbocycles. The lowest BCUT2D eigenvalue weighted by atomic mass is 10.5. The van der Waals surface area contributed by atoms with Crippen LogP contribution >= 0.6 is 7.60 Å². The highest BCUT2D eigenvalue weighted by Crippen LogP contribution is 2.57. The number of hydrogen-bond donors (Lipinski definition) is 3. The van der Waals surface area contributed by atoms with Gasteiger partial charge in [0.2, 0.25) is 0 Å². The number of hydrogen-bond acceptors (Lipinski definition) is 4. The minimum absolute atomic E-state index is 0.229. The van der Waals surface area contributed by atoms with E-state index in [2.05, 4.69) is 4.52 Å². The molecule has 0 amide bonds. The maximum Gasteiger partial charge on any atom is 0.387 e. The molecule has 0 aromatic rings. The molecule has 1 unspecified atom stereocenters. The third kappa shape index (κ3) is 2.06. The van der Waals surface area contributed by atoms with Crippen molar-refractivity contribution < 1.29 is 24.2 Å². The average Bonchev–Trinajstić information content (AvgIpc) is 2.70. The minimum atomic E-state index is -4.28. The van der Waals surface area contributed by atoms with Crippen LogP contribution in [0.2, 0.25) is 0 Å². The molecule has 0 aliphatic heterocycles. The second-order valence-electron chi connectivity index (χ2n) is 2.95. The molecule has 0 aromatic heterocycles. The lowest BCUT2D eigenvalue weighted by Crippen LogP contribution is -2.28. The van der Waals surface area contributed by atoms with Gasteiger partial charge in [-0.05, 0) is 12.8 Å². The van der Waals surface area contributed by atoms with Gasteiger partial charge in [-0.25, -0.2) is 0 Å². The van der Waals surface area contributed by atoms with Crippen molar-refractivity contribution in [1.82, 2.24) is 0 Å². The van der Waals surface area contributed by atoms with Gasteiger partial charge in [-0.15, -0.1) is 0 Å². The minimum Gasteiger partial charge on any atom is -0.356 e. The van der Waals surface area contributed by atoms with E-state index in [1.54, 1.807) is 0 Å². The van der Waals surface area contributed by atoms with Crippen LogP contribution in [0, 0.1) is 0 Å². The van der Waals surface area contributed by atoms with Gasteiger partial charge in [0, 0.05) is 6.42 Å². The summed E-state index contributed by atoms with van der Waals surface area (Å²) in [6, 6.07) is 0. The molecule has 1 atom stereocenters. The van der Waals surface area contributed by atoms with Crippen molar-refractivity contribution >= 4 is 7.60 Å². The fourth-order valence-electron chi connectivity index (χ4n) is 0.660. The molecule has 6 heteroatoms. The van der Waals surface area contributed by atoms with Crippen molar-refractivity contribution in [1.29, 1.82) is 0 Å². The van der Waals surface area contributed by atoms with Gasteiger partial charge in [0.1, 0.15) is 0 Å². The van der Waals surface area contributed by atoms with Crippen LogP contribution in [0.15, 0.2) is 0 Å². The lowest BCUT2D eigenvalue weighted by Gasteiger charge is -2.24. The molecule has 1 aliphatic carbocycles. The Hall–Kier alpha value is 0.0700. The molecular formula is C6H13O5P. The van der Waals surface area contributed by atoms with E-state index in [0.29, 0.717) is 12.8 Å². The standard InChI is InChI=1S/C6H13O5P/c1-2-6(7,8)12(9,10)11-5-3-4-5/h5,7-8H,2-4H2,1H3,(H,9,10). The summed E-state index contributed by atoms with van der Waals surface area (Å²) in [5.74, 6) is 0. The molecule has 1 rings (SSSR count). The number of aliphatic hydroxyl groups is 2. The van der Waals surface area contributed by atoms with Crippen LogP contribution in [0.4, 0.5) is 0 Å². The third-order valence-electron chi connectivity index (χ3n) is 1.74. The summed E-state index contributed by atoms with van der Waals surface area (Å²) in [4.78, 5) is 9.09. The zero-order valence-electron chi connectivity index (χ0n) is 6.80. The Morgan fingerprint density at radius 3 is 2.42 bits per heavy atom. The summed E-state index contributed by atoms with van der Waals surface area (Å²) < 4.78 is 15.8. The second kappa shape index (κ2) is 3.09. The molecule has 0 saturated heterocycles. The van der Waals surface area contributed by atoms with Crippen molar-refractivity contribution in [2.24, 2.45) is 0 Å². The summed E-state index contributed by atoms with van der Waals surface area (Å²) >= 11 is 0. The van der Waals surface area contributed by atoms with Crippen LogP contribution in [0.1, 0.15) is 26.2 Å². The van der Waals surface area contributed by atoms with Gasteiger partial charge >= 0.3 is 7.60 Å². The van der Waals surface area contributed by atoms with Crippen LogP contribution < -0.4 is 0 Å². The average molecular weight is 196 g/mol. The van der Waals surface area contributed by atoms with Crippen LogP contribution in [0.3, 0.4) is 0 Å². The molecule has 0 heterocycles. The summed E-state index contributed by atoms with van der Waals surface area (Å²) in [6.07, 6.45) is 0.924. The van der Waals surface area contributed by atoms with Crippen LogP contribution in [0.25, 0.3) is 0 Å². The van der Waals surface area contributed by atoms with E-state index >= 15 is 0 Å². The third-order valence-corrected chi connectivity index (χ3v) is 3.55. The van der Waals surface area contributed by atoms with Crippen LogP contribution in [0.5, 0.6) is 0 Å². The van der Waals surface area contributed by atoms with Gasteiger partial charge in [0.25, 0.3) is 5.53 Å². The smallest absolute Gasteiger partial charge is 0.356 e.